The number of aromatic nitrogens is 2. The van der Waals surface area contributed by atoms with E-state index in [0.29, 0.717) is 17.1 Å². The van der Waals surface area contributed by atoms with E-state index >= 15 is 0 Å². The highest BCUT2D eigenvalue weighted by Crippen LogP contribution is 2.33. The molecule has 0 bridgehead atoms. The first-order valence-corrected chi connectivity index (χ1v) is 7.65. The third kappa shape index (κ3) is 2.71. The van der Waals surface area contributed by atoms with Gasteiger partial charge in [-0.05, 0) is 37.6 Å². The number of benzene rings is 1. The summed E-state index contributed by atoms with van der Waals surface area (Å²) in [5, 5.41) is 3.76. The van der Waals surface area contributed by atoms with Crippen LogP contribution in [0.3, 0.4) is 0 Å². The fraction of sp³-hybridized carbons (Fsp3) is 0.222. The van der Waals surface area contributed by atoms with Crippen LogP contribution in [0.1, 0.15) is 23.0 Å². The highest BCUT2D eigenvalue weighted by molar-refractivity contribution is 6.07. The van der Waals surface area contributed by atoms with Gasteiger partial charge in [0.05, 0.1) is 23.5 Å². The van der Waals surface area contributed by atoms with Gasteiger partial charge < -0.3 is 14.6 Å². The molecule has 3 aromatic rings. The summed E-state index contributed by atoms with van der Waals surface area (Å²) in [5.41, 5.74) is 2.75. The average molecular weight is 327 g/mol. The van der Waals surface area contributed by atoms with Crippen molar-refractivity contribution in [2.75, 3.05) is 11.9 Å². The molecule has 0 aliphatic heterocycles. The van der Waals surface area contributed by atoms with Crippen molar-refractivity contribution < 1.29 is 13.9 Å². The maximum Gasteiger partial charge on any atom is 0.357 e. The van der Waals surface area contributed by atoms with Crippen molar-refractivity contribution >= 4 is 28.2 Å². The molecule has 3 rings (SSSR count). The fourth-order valence-electron chi connectivity index (χ4n) is 2.71. The Kier molecular flexibility index (Phi) is 4.20. The standard InChI is InChI=1S/C18H18FN3O2/c1-4-24-18(23)17-16(12-10-20-8-7-15(12)22(17)3)21-14-6-5-11(2)9-13(14)19/h5-10,21H,4H2,1-3H3. The second-order valence-electron chi connectivity index (χ2n) is 5.50. The van der Waals surface area contributed by atoms with Crippen LogP contribution in [0.25, 0.3) is 10.9 Å². The smallest absolute Gasteiger partial charge is 0.357 e. The number of hydrogen-bond acceptors (Lipinski definition) is 4. The first-order valence-electron chi connectivity index (χ1n) is 7.65. The molecule has 24 heavy (non-hydrogen) atoms. The largest absolute Gasteiger partial charge is 0.461 e. The zero-order chi connectivity index (χ0) is 17.3. The van der Waals surface area contributed by atoms with Crippen molar-refractivity contribution in [3.63, 3.8) is 0 Å². The highest BCUT2D eigenvalue weighted by Gasteiger charge is 2.23. The average Bonchev–Trinajstić information content (AvgIpc) is 2.83. The van der Waals surface area contributed by atoms with Crippen LogP contribution in [0.5, 0.6) is 0 Å². The molecule has 124 valence electrons. The second-order valence-corrected chi connectivity index (χ2v) is 5.50. The first-order chi connectivity index (χ1) is 11.5. The van der Waals surface area contributed by atoms with Crippen LogP contribution in [-0.2, 0) is 11.8 Å². The van der Waals surface area contributed by atoms with Gasteiger partial charge in [-0.15, -0.1) is 0 Å². The predicted molar refractivity (Wildman–Crippen MR) is 91.1 cm³/mol. The van der Waals surface area contributed by atoms with Gasteiger partial charge in [0.15, 0.2) is 5.69 Å². The molecule has 0 aliphatic carbocycles. The van der Waals surface area contributed by atoms with E-state index in [-0.39, 0.29) is 12.4 Å². The predicted octanol–water partition coefficient (Wildman–Crippen LogP) is 3.94. The lowest BCUT2D eigenvalue weighted by Crippen LogP contribution is -2.12. The third-order valence-corrected chi connectivity index (χ3v) is 3.85. The normalized spacial score (nSPS) is 10.8. The molecular weight excluding hydrogens is 309 g/mol. The maximum atomic E-state index is 14.2. The number of anilines is 2. The summed E-state index contributed by atoms with van der Waals surface area (Å²) in [6, 6.07) is 6.69. The molecule has 0 spiro atoms. The molecule has 5 nitrogen and oxygen atoms in total. The van der Waals surface area contributed by atoms with E-state index in [4.69, 9.17) is 4.74 Å². The van der Waals surface area contributed by atoms with Gasteiger partial charge in [-0.3, -0.25) is 4.98 Å². The number of hydrogen-bond donors (Lipinski definition) is 1. The second kappa shape index (κ2) is 6.31. The zero-order valence-electron chi connectivity index (χ0n) is 13.8. The summed E-state index contributed by atoms with van der Waals surface area (Å²) in [5.74, 6) is -0.850. The van der Waals surface area contributed by atoms with Gasteiger partial charge >= 0.3 is 5.97 Å². The highest BCUT2D eigenvalue weighted by atomic mass is 19.1. The summed E-state index contributed by atoms with van der Waals surface area (Å²) in [7, 11) is 1.77. The molecule has 6 heteroatoms. The topological polar surface area (TPSA) is 56.1 Å². The zero-order valence-corrected chi connectivity index (χ0v) is 13.8. The van der Waals surface area contributed by atoms with Crippen LogP contribution in [-0.4, -0.2) is 22.1 Å². The Hall–Kier alpha value is -2.89. The lowest BCUT2D eigenvalue weighted by molar-refractivity contribution is 0.0517. The SMILES string of the molecule is CCOC(=O)c1c(Nc2ccc(C)cc2F)c2cnccc2n1C. The van der Waals surface area contributed by atoms with Crippen molar-refractivity contribution in [1.82, 2.24) is 9.55 Å². The van der Waals surface area contributed by atoms with Gasteiger partial charge in [0, 0.05) is 24.8 Å². The van der Waals surface area contributed by atoms with Crippen LogP contribution in [0.15, 0.2) is 36.7 Å². The van der Waals surface area contributed by atoms with E-state index in [1.807, 2.05) is 6.92 Å². The van der Waals surface area contributed by atoms with E-state index < -0.39 is 5.97 Å². The Morgan fingerprint density at radius 2 is 2.17 bits per heavy atom. The number of halogens is 1. The maximum absolute atomic E-state index is 14.2. The van der Waals surface area contributed by atoms with Crippen molar-refractivity contribution in [3.05, 3.63) is 53.7 Å². The number of rotatable bonds is 4. The van der Waals surface area contributed by atoms with Gasteiger partial charge in [0.25, 0.3) is 0 Å². The molecule has 0 saturated heterocycles. The Labute approximate surface area is 139 Å². The van der Waals surface area contributed by atoms with E-state index in [1.54, 1.807) is 49.1 Å². The van der Waals surface area contributed by atoms with Crippen LogP contribution < -0.4 is 5.32 Å². The Morgan fingerprint density at radius 3 is 2.88 bits per heavy atom. The van der Waals surface area contributed by atoms with Gasteiger partial charge in [0.1, 0.15) is 5.82 Å². The molecule has 1 N–H and O–H groups in total. The summed E-state index contributed by atoms with van der Waals surface area (Å²) in [4.78, 5) is 16.5. The van der Waals surface area contributed by atoms with Gasteiger partial charge in [-0.25, -0.2) is 9.18 Å². The number of pyridine rings is 1. The Morgan fingerprint density at radius 1 is 1.38 bits per heavy atom. The van der Waals surface area contributed by atoms with E-state index in [0.717, 1.165) is 16.5 Å². The van der Waals surface area contributed by atoms with Crippen LogP contribution in [0.2, 0.25) is 0 Å². The molecule has 0 atom stereocenters. The molecule has 2 aromatic heterocycles. The summed E-state index contributed by atoms with van der Waals surface area (Å²) >= 11 is 0. The minimum atomic E-state index is -0.466. The molecule has 2 heterocycles. The molecule has 0 saturated carbocycles. The molecule has 0 unspecified atom stereocenters. The van der Waals surface area contributed by atoms with Crippen LogP contribution in [0.4, 0.5) is 15.8 Å². The number of nitrogens with zero attached hydrogens (tertiary/aromatic N) is 2. The van der Waals surface area contributed by atoms with Crippen molar-refractivity contribution in [1.29, 1.82) is 0 Å². The minimum Gasteiger partial charge on any atom is -0.461 e. The molecule has 0 fully saturated rings. The Bertz CT molecular complexity index is 918. The molecule has 0 radical (unpaired) electrons. The van der Waals surface area contributed by atoms with Crippen LogP contribution >= 0.6 is 0 Å². The summed E-state index contributed by atoms with van der Waals surface area (Å²) < 4.78 is 21.1. The number of aryl methyl sites for hydroxylation is 2. The Balaban J connectivity index is 2.18. The third-order valence-electron chi connectivity index (χ3n) is 3.85. The lowest BCUT2D eigenvalue weighted by atomic mass is 10.2. The van der Waals surface area contributed by atoms with Crippen molar-refractivity contribution in [3.8, 4) is 0 Å². The summed E-state index contributed by atoms with van der Waals surface area (Å²) in [6.07, 6.45) is 3.29. The number of nitrogens with one attached hydrogen (secondary N) is 1. The van der Waals surface area contributed by atoms with E-state index in [2.05, 4.69) is 10.3 Å². The number of ether oxygens (including phenoxy) is 1. The van der Waals surface area contributed by atoms with Gasteiger partial charge in [0.2, 0.25) is 0 Å². The van der Waals surface area contributed by atoms with Crippen LogP contribution in [0, 0.1) is 12.7 Å². The minimum absolute atomic E-state index is 0.261. The number of fused-ring (bicyclic) bond motifs is 1. The fourth-order valence-corrected chi connectivity index (χ4v) is 2.71. The number of carbonyl (C=O) groups is 1. The molecule has 0 aliphatic rings. The van der Waals surface area contributed by atoms with E-state index in [9.17, 15) is 9.18 Å². The molecule has 1 aromatic carbocycles. The quantitative estimate of drug-likeness (QED) is 0.737. The summed E-state index contributed by atoms with van der Waals surface area (Å²) in [6.45, 7) is 3.82. The van der Waals surface area contributed by atoms with Crippen molar-refractivity contribution in [2.45, 2.75) is 13.8 Å². The number of esters is 1. The van der Waals surface area contributed by atoms with Gasteiger partial charge in [-0.1, -0.05) is 6.07 Å². The van der Waals surface area contributed by atoms with E-state index in [1.165, 1.54) is 6.07 Å². The number of carbonyl (C=O) groups excluding carboxylic acids is 1. The lowest BCUT2D eigenvalue weighted by Gasteiger charge is -2.11. The monoisotopic (exact) mass is 327 g/mol. The molecular formula is C18H18FN3O2. The van der Waals surface area contributed by atoms with Crippen molar-refractivity contribution in [2.24, 2.45) is 7.05 Å². The molecule has 0 amide bonds. The van der Waals surface area contributed by atoms with Gasteiger partial charge in [-0.2, -0.15) is 0 Å². The first kappa shape index (κ1) is 16.0.